The van der Waals surface area contributed by atoms with Gasteiger partial charge in [0.1, 0.15) is 0 Å². The molecule has 0 aliphatic rings. The Morgan fingerprint density at radius 1 is 1.78 bits per heavy atom. The smallest absolute Gasteiger partial charge is 0.0720 e. The van der Waals surface area contributed by atoms with Crippen molar-refractivity contribution in [3.63, 3.8) is 0 Å². The summed E-state index contributed by atoms with van der Waals surface area (Å²) in [5.41, 5.74) is 0. The van der Waals surface area contributed by atoms with Gasteiger partial charge >= 0.3 is 0 Å². The molecular formula is C7H13IO. The van der Waals surface area contributed by atoms with Crippen LogP contribution in [-0.4, -0.2) is 17.1 Å². The molecule has 0 aromatic carbocycles. The lowest BCUT2D eigenvalue weighted by Crippen LogP contribution is -2.18. The molecule has 0 N–H and O–H groups in total. The molecule has 0 aliphatic carbocycles. The predicted molar refractivity (Wildman–Crippen MR) is 49.1 cm³/mol. The lowest BCUT2D eigenvalue weighted by atomic mass is 10.2. The van der Waals surface area contributed by atoms with E-state index in [2.05, 4.69) is 36.1 Å². The third-order valence-corrected chi connectivity index (χ3v) is 2.02. The third-order valence-electron chi connectivity index (χ3n) is 1.21. The molecule has 0 fully saturated rings. The fraction of sp³-hybridized carbons (Fsp3) is 0.714. The van der Waals surface area contributed by atoms with Crippen LogP contribution in [0.3, 0.4) is 0 Å². The van der Waals surface area contributed by atoms with Crippen molar-refractivity contribution in [2.24, 2.45) is 0 Å². The van der Waals surface area contributed by atoms with Crippen LogP contribution in [0.2, 0.25) is 0 Å². The van der Waals surface area contributed by atoms with Crippen LogP contribution < -0.4 is 0 Å². The molecule has 0 spiro atoms. The Labute approximate surface area is 70.6 Å². The average Bonchev–Trinajstić information content (AvgIpc) is 1.82. The molecular weight excluding hydrogens is 227 g/mol. The Morgan fingerprint density at radius 2 is 2.33 bits per heavy atom. The number of halogens is 1. The summed E-state index contributed by atoms with van der Waals surface area (Å²) in [6.45, 7) is 5.78. The molecule has 0 saturated heterocycles. The first-order valence-electron chi connectivity index (χ1n) is 3.00. The monoisotopic (exact) mass is 240 g/mol. The van der Waals surface area contributed by atoms with E-state index in [1.165, 1.54) is 0 Å². The Morgan fingerprint density at radius 3 is 2.44 bits per heavy atom. The van der Waals surface area contributed by atoms with Gasteiger partial charge in [0.2, 0.25) is 0 Å². The maximum Gasteiger partial charge on any atom is 0.0720 e. The number of rotatable bonds is 4. The summed E-state index contributed by atoms with van der Waals surface area (Å²) in [5.74, 6) is 0. The highest BCUT2D eigenvalue weighted by Crippen LogP contribution is 2.11. The number of ether oxygens (including phenoxy) is 1. The van der Waals surface area contributed by atoms with Crippen LogP contribution in [0, 0.1) is 0 Å². The summed E-state index contributed by atoms with van der Waals surface area (Å²) in [6.07, 6.45) is 3.17. The summed E-state index contributed by atoms with van der Waals surface area (Å²) in [4.78, 5) is 0. The SMILES string of the molecule is C=CC[C@H](OC)[C@@H](C)I. The van der Waals surface area contributed by atoms with Gasteiger partial charge < -0.3 is 4.74 Å². The lowest BCUT2D eigenvalue weighted by molar-refractivity contribution is 0.110. The second-order valence-corrected chi connectivity index (χ2v) is 3.94. The van der Waals surface area contributed by atoms with E-state index < -0.39 is 0 Å². The average molecular weight is 240 g/mol. The highest BCUT2D eigenvalue weighted by atomic mass is 127. The van der Waals surface area contributed by atoms with Gasteiger partial charge in [-0.15, -0.1) is 6.58 Å². The van der Waals surface area contributed by atoms with Crippen LogP contribution >= 0.6 is 22.6 Å². The third kappa shape index (κ3) is 3.92. The zero-order chi connectivity index (χ0) is 7.28. The molecule has 0 rings (SSSR count). The van der Waals surface area contributed by atoms with Crippen molar-refractivity contribution in [1.82, 2.24) is 0 Å². The molecule has 0 aromatic rings. The molecule has 0 radical (unpaired) electrons. The van der Waals surface area contributed by atoms with Crippen LogP contribution in [-0.2, 0) is 4.74 Å². The first-order valence-corrected chi connectivity index (χ1v) is 4.24. The van der Waals surface area contributed by atoms with Gasteiger partial charge in [0.25, 0.3) is 0 Å². The molecule has 0 unspecified atom stereocenters. The summed E-state index contributed by atoms with van der Waals surface area (Å²) in [5, 5.41) is 0. The number of alkyl halides is 1. The van der Waals surface area contributed by atoms with E-state index >= 15 is 0 Å². The maximum absolute atomic E-state index is 5.17. The Bertz CT molecular complexity index is 81.0. The van der Waals surface area contributed by atoms with Gasteiger partial charge in [0, 0.05) is 11.0 Å². The van der Waals surface area contributed by atoms with Crippen molar-refractivity contribution >= 4 is 22.6 Å². The van der Waals surface area contributed by atoms with Crippen molar-refractivity contribution < 1.29 is 4.74 Å². The van der Waals surface area contributed by atoms with Gasteiger partial charge in [0.05, 0.1) is 6.10 Å². The van der Waals surface area contributed by atoms with Crippen molar-refractivity contribution in [2.75, 3.05) is 7.11 Å². The summed E-state index contributed by atoms with van der Waals surface area (Å²) in [6, 6.07) is 0. The van der Waals surface area contributed by atoms with Crippen LogP contribution in [0.25, 0.3) is 0 Å². The minimum Gasteiger partial charge on any atom is -0.380 e. The van der Waals surface area contributed by atoms with Crippen LogP contribution in [0.15, 0.2) is 12.7 Å². The zero-order valence-electron chi connectivity index (χ0n) is 5.93. The maximum atomic E-state index is 5.17. The van der Waals surface area contributed by atoms with Gasteiger partial charge in [0.15, 0.2) is 0 Å². The van der Waals surface area contributed by atoms with Crippen LogP contribution in [0.4, 0.5) is 0 Å². The van der Waals surface area contributed by atoms with Gasteiger partial charge in [-0.2, -0.15) is 0 Å². The second kappa shape index (κ2) is 5.23. The summed E-state index contributed by atoms with van der Waals surface area (Å²) < 4.78 is 5.73. The molecule has 0 aliphatic heterocycles. The minimum absolute atomic E-state index is 0.336. The van der Waals surface area contributed by atoms with Gasteiger partial charge in [-0.3, -0.25) is 0 Å². The van der Waals surface area contributed by atoms with Crippen molar-refractivity contribution in [3.8, 4) is 0 Å². The molecule has 9 heavy (non-hydrogen) atoms. The molecule has 0 saturated carbocycles. The molecule has 0 heterocycles. The first-order chi connectivity index (χ1) is 4.22. The summed E-state index contributed by atoms with van der Waals surface area (Å²) >= 11 is 2.36. The van der Waals surface area contributed by atoms with E-state index in [9.17, 15) is 0 Å². The normalized spacial score (nSPS) is 16.8. The van der Waals surface area contributed by atoms with E-state index in [1.54, 1.807) is 7.11 Å². The molecule has 2 atom stereocenters. The van der Waals surface area contributed by atoms with Gasteiger partial charge in [-0.1, -0.05) is 35.6 Å². The predicted octanol–water partition coefficient (Wildman–Crippen LogP) is 2.40. The minimum atomic E-state index is 0.336. The largest absolute Gasteiger partial charge is 0.380 e. The molecule has 0 aromatic heterocycles. The first kappa shape index (κ1) is 9.43. The van der Waals surface area contributed by atoms with Crippen LogP contribution in [0.5, 0.6) is 0 Å². The van der Waals surface area contributed by atoms with E-state index in [-0.39, 0.29) is 0 Å². The Kier molecular flexibility index (Phi) is 5.48. The Balaban J connectivity index is 3.53. The van der Waals surface area contributed by atoms with Crippen molar-refractivity contribution in [3.05, 3.63) is 12.7 Å². The van der Waals surface area contributed by atoms with E-state index in [4.69, 9.17) is 4.74 Å². The van der Waals surface area contributed by atoms with E-state index in [1.807, 2.05) is 6.08 Å². The molecule has 0 amide bonds. The topological polar surface area (TPSA) is 9.23 Å². The number of hydrogen-bond donors (Lipinski definition) is 0. The molecule has 54 valence electrons. The quantitative estimate of drug-likeness (QED) is 0.416. The highest BCUT2D eigenvalue weighted by Gasteiger charge is 2.10. The molecule has 0 bridgehead atoms. The van der Waals surface area contributed by atoms with Crippen molar-refractivity contribution in [2.45, 2.75) is 23.4 Å². The highest BCUT2D eigenvalue weighted by molar-refractivity contribution is 14.1. The zero-order valence-corrected chi connectivity index (χ0v) is 8.09. The standard InChI is InChI=1S/C7H13IO/c1-4-5-7(9-3)6(2)8/h4,6-7H,1,5H2,2-3H3/t6-,7+/m1/s1. The molecule has 1 nitrogen and oxygen atoms in total. The van der Waals surface area contributed by atoms with E-state index in [0.29, 0.717) is 10.0 Å². The fourth-order valence-corrected chi connectivity index (χ4v) is 1.22. The van der Waals surface area contributed by atoms with Crippen LogP contribution in [0.1, 0.15) is 13.3 Å². The second-order valence-electron chi connectivity index (χ2n) is 1.98. The van der Waals surface area contributed by atoms with E-state index in [0.717, 1.165) is 6.42 Å². The number of methoxy groups -OCH3 is 1. The van der Waals surface area contributed by atoms with Gasteiger partial charge in [-0.05, 0) is 6.42 Å². The lowest BCUT2D eigenvalue weighted by Gasteiger charge is -2.14. The molecule has 2 heteroatoms. The number of hydrogen-bond acceptors (Lipinski definition) is 1. The fourth-order valence-electron chi connectivity index (χ4n) is 0.636. The summed E-state index contributed by atoms with van der Waals surface area (Å²) in [7, 11) is 1.74. The van der Waals surface area contributed by atoms with Gasteiger partial charge in [-0.25, -0.2) is 0 Å². The Hall–Kier alpha value is 0.430. The van der Waals surface area contributed by atoms with Crippen molar-refractivity contribution in [1.29, 1.82) is 0 Å².